The molecule has 5 heteroatoms. The summed E-state index contributed by atoms with van der Waals surface area (Å²) in [5.74, 6) is -0.279. The summed E-state index contributed by atoms with van der Waals surface area (Å²) in [5.41, 5.74) is 1.83. The molecule has 0 aliphatic heterocycles. The third kappa shape index (κ3) is 4.82. The summed E-state index contributed by atoms with van der Waals surface area (Å²) < 4.78 is 6.38. The second-order valence-electron chi connectivity index (χ2n) is 3.86. The molecule has 1 aromatic rings. The second-order valence-corrected chi connectivity index (χ2v) is 3.86. The van der Waals surface area contributed by atoms with Crippen LogP contribution in [-0.2, 0) is 23.0 Å². The number of esters is 1. The molecule has 0 amide bonds. The molecule has 0 aromatic carbocycles. The molecule has 0 radical (unpaired) electrons. The van der Waals surface area contributed by atoms with Gasteiger partial charge in [0.25, 0.3) is 0 Å². The maximum absolute atomic E-state index is 11.1. The summed E-state index contributed by atoms with van der Waals surface area (Å²) in [6.07, 6.45) is 6.61. The first-order chi connectivity index (χ1) is 8.13. The molecule has 0 saturated carbocycles. The van der Waals surface area contributed by atoms with Gasteiger partial charge in [-0.2, -0.15) is 5.10 Å². The Morgan fingerprint density at radius 2 is 2.41 bits per heavy atom. The molecular formula is C12H19N3O2. The molecule has 0 atom stereocenters. The van der Waals surface area contributed by atoms with E-state index in [0.29, 0.717) is 12.1 Å². The zero-order chi connectivity index (χ0) is 12.7. The third-order valence-corrected chi connectivity index (χ3v) is 2.41. The van der Waals surface area contributed by atoms with E-state index in [1.807, 2.05) is 25.5 Å². The van der Waals surface area contributed by atoms with Crippen LogP contribution in [0.15, 0.2) is 24.0 Å². The van der Waals surface area contributed by atoms with Crippen LogP contribution in [0.1, 0.15) is 12.5 Å². The Bertz CT molecular complexity index is 396. The highest BCUT2D eigenvalue weighted by Crippen LogP contribution is 1.96. The van der Waals surface area contributed by atoms with E-state index in [0.717, 1.165) is 13.0 Å². The van der Waals surface area contributed by atoms with Gasteiger partial charge in [-0.3, -0.25) is 4.68 Å². The fourth-order valence-electron chi connectivity index (χ4n) is 1.41. The Balaban J connectivity index is 2.18. The first kappa shape index (κ1) is 13.4. The fraction of sp³-hybridized carbons (Fsp3) is 0.500. The van der Waals surface area contributed by atoms with E-state index >= 15 is 0 Å². The first-order valence-electron chi connectivity index (χ1n) is 5.57. The van der Waals surface area contributed by atoms with Crippen LogP contribution in [0.25, 0.3) is 0 Å². The van der Waals surface area contributed by atoms with Crippen LogP contribution in [0.3, 0.4) is 0 Å². The molecule has 0 spiro atoms. The number of rotatable bonds is 6. The number of aromatic nitrogens is 2. The lowest BCUT2D eigenvalue weighted by atomic mass is 10.2. The number of ether oxygens (including phenoxy) is 1. The molecule has 94 valence electrons. The van der Waals surface area contributed by atoms with Crippen LogP contribution < -0.4 is 5.32 Å². The van der Waals surface area contributed by atoms with Gasteiger partial charge in [0.05, 0.1) is 13.3 Å². The van der Waals surface area contributed by atoms with Crippen molar-refractivity contribution in [2.24, 2.45) is 7.05 Å². The number of nitrogens with one attached hydrogen (secondary N) is 1. The van der Waals surface area contributed by atoms with Gasteiger partial charge in [-0.05, 0) is 25.5 Å². The molecule has 0 aliphatic carbocycles. The highest BCUT2D eigenvalue weighted by molar-refractivity contribution is 5.87. The monoisotopic (exact) mass is 237 g/mol. The zero-order valence-electron chi connectivity index (χ0n) is 10.6. The summed E-state index contributed by atoms with van der Waals surface area (Å²) in [4.78, 5) is 11.1. The minimum absolute atomic E-state index is 0.279. The number of carbonyl (C=O) groups is 1. The standard InChI is InChI=1S/C12H19N3O2/c1-10(12(16)17-3)4-6-13-7-5-11-8-14-15(2)9-11/h4,8-9,13H,5-7H2,1-3H3. The van der Waals surface area contributed by atoms with Crippen molar-refractivity contribution in [1.82, 2.24) is 15.1 Å². The van der Waals surface area contributed by atoms with Gasteiger partial charge in [0.2, 0.25) is 0 Å². The van der Waals surface area contributed by atoms with Gasteiger partial charge in [-0.25, -0.2) is 4.79 Å². The largest absolute Gasteiger partial charge is 0.466 e. The number of methoxy groups -OCH3 is 1. The molecule has 1 rings (SSSR count). The number of nitrogens with zero attached hydrogens (tertiary/aromatic N) is 2. The molecule has 0 fully saturated rings. The number of hydrogen-bond acceptors (Lipinski definition) is 4. The van der Waals surface area contributed by atoms with E-state index in [1.54, 1.807) is 11.6 Å². The highest BCUT2D eigenvalue weighted by atomic mass is 16.5. The van der Waals surface area contributed by atoms with Crippen molar-refractivity contribution >= 4 is 5.97 Å². The van der Waals surface area contributed by atoms with Crippen molar-refractivity contribution in [1.29, 1.82) is 0 Å². The topological polar surface area (TPSA) is 56.1 Å². The Hall–Kier alpha value is -1.62. The van der Waals surface area contributed by atoms with Gasteiger partial charge in [0.1, 0.15) is 0 Å². The van der Waals surface area contributed by atoms with Gasteiger partial charge >= 0.3 is 5.97 Å². The van der Waals surface area contributed by atoms with E-state index in [1.165, 1.54) is 12.7 Å². The van der Waals surface area contributed by atoms with Crippen molar-refractivity contribution in [3.8, 4) is 0 Å². The average Bonchev–Trinajstić information content (AvgIpc) is 2.73. The second kappa shape index (κ2) is 6.85. The van der Waals surface area contributed by atoms with Crippen LogP contribution in [-0.4, -0.2) is 35.9 Å². The minimum Gasteiger partial charge on any atom is -0.466 e. The van der Waals surface area contributed by atoms with Crippen LogP contribution >= 0.6 is 0 Å². The Morgan fingerprint density at radius 3 is 3.00 bits per heavy atom. The van der Waals surface area contributed by atoms with Crippen LogP contribution in [0.2, 0.25) is 0 Å². The van der Waals surface area contributed by atoms with Crippen molar-refractivity contribution in [3.05, 3.63) is 29.6 Å². The molecule has 0 unspecified atom stereocenters. The predicted molar refractivity (Wildman–Crippen MR) is 65.6 cm³/mol. The molecule has 0 aliphatic rings. The molecule has 5 nitrogen and oxygen atoms in total. The Labute approximate surface area is 101 Å². The number of aryl methyl sites for hydroxylation is 1. The minimum atomic E-state index is -0.279. The lowest BCUT2D eigenvalue weighted by Gasteiger charge is -2.01. The highest BCUT2D eigenvalue weighted by Gasteiger charge is 2.01. The number of hydrogen-bond donors (Lipinski definition) is 1. The lowest BCUT2D eigenvalue weighted by molar-refractivity contribution is -0.136. The lowest BCUT2D eigenvalue weighted by Crippen LogP contribution is -2.18. The smallest absolute Gasteiger partial charge is 0.333 e. The van der Waals surface area contributed by atoms with Crippen molar-refractivity contribution in [2.45, 2.75) is 13.3 Å². The summed E-state index contributed by atoms with van der Waals surface area (Å²) in [5, 5.41) is 7.33. The van der Waals surface area contributed by atoms with Crippen molar-refractivity contribution in [2.75, 3.05) is 20.2 Å². The van der Waals surface area contributed by atoms with Gasteiger partial charge in [-0.15, -0.1) is 0 Å². The summed E-state index contributed by atoms with van der Waals surface area (Å²) in [7, 11) is 3.29. The predicted octanol–water partition coefficient (Wildman–Crippen LogP) is 0.671. The van der Waals surface area contributed by atoms with E-state index in [-0.39, 0.29) is 5.97 Å². The molecule has 0 bridgehead atoms. The normalized spacial score (nSPS) is 11.6. The van der Waals surface area contributed by atoms with Crippen molar-refractivity contribution in [3.63, 3.8) is 0 Å². The Morgan fingerprint density at radius 1 is 1.65 bits per heavy atom. The van der Waals surface area contributed by atoms with Gasteiger partial charge in [0.15, 0.2) is 0 Å². The third-order valence-electron chi connectivity index (χ3n) is 2.41. The van der Waals surface area contributed by atoms with Crippen LogP contribution in [0, 0.1) is 0 Å². The molecule has 1 N–H and O–H groups in total. The van der Waals surface area contributed by atoms with Crippen LogP contribution in [0.4, 0.5) is 0 Å². The number of carbonyl (C=O) groups excluding carboxylic acids is 1. The fourth-order valence-corrected chi connectivity index (χ4v) is 1.41. The zero-order valence-corrected chi connectivity index (χ0v) is 10.6. The molecule has 17 heavy (non-hydrogen) atoms. The quantitative estimate of drug-likeness (QED) is 0.449. The van der Waals surface area contributed by atoms with E-state index in [9.17, 15) is 4.79 Å². The molecule has 0 saturated heterocycles. The van der Waals surface area contributed by atoms with Crippen molar-refractivity contribution < 1.29 is 9.53 Å². The first-order valence-corrected chi connectivity index (χ1v) is 5.57. The molecule has 1 heterocycles. The molecule has 1 aromatic heterocycles. The maximum atomic E-state index is 11.1. The van der Waals surface area contributed by atoms with Gasteiger partial charge < -0.3 is 10.1 Å². The van der Waals surface area contributed by atoms with Gasteiger partial charge in [-0.1, -0.05) is 6.08 Å². The molecular weight excluding hydrogens is 218 g/mol. The summed E-state index contributed by atoms with van der Waals surface area (Å²) in [6, 6.07) is 0. The van der Waals surface area contributed by atoms with E-state index in [4.69, 9.17) is 0 Å². The Kier molecular flexibility index (Phi) is 5.42. The summed E-state index contributed by atoms with van der Waals surface area (Å²) >= 11 is 0. The maximum Gasteiger partial charge on any atom is 0.333 e. The average molecular weight is 237 g/mol. The SMILES string of the molecule is COC(=O)C(C)=CCNCCc1cnn(C)c1. The summed E-state index contributed by atoms with van der Waals surface area (Å²) in [6.45, 7) is 3.27. The van der Waals surface area contributed by atoms with Crippen LogP contribution in [0.5, 0.6) is 0 Å². The van der Waals surface area contributed by atoms with Gasteiger partial charge in [0, 0.05) is 25.4 Å². The van der Waals surface area contributed by atoms with E-state index in [2.05, 4.69) is 15.2 Å². The van der Waals surface area contributed by atoms with E-state index < -0.39 is 0 Å².